The molecule has 0 aromatic rings. The van der Waals surface area contributed by atoms with E-state index in [1.807, 2.05) is 0 Å². The van der Waals surface area contributed by atoms with Crippen LogP contribution in [0.5, 0.6) is 0 Å². The highest BCUT2D eigenvalue weighted by molar-refractivity contribution is 5.90. The van der Waals surface area contributed by atoms with Crippen LogP contribution in [-0.2, 0) is 4.84 Å². The predicted octanol–water partition coefficient (Wildman–Crippen LogP) is 4.15. The summed E-state index contributed by atoms with van der Waals surface area (Å²) in [5.41, 5.74) is 1.96. The average Bonchev–Trinajstić information content (AvgIpc) is 2.56. The van der Waals surface area contributed by atoms with E-state index in [-0.39, 0.29) is 11.0 Å². The number of hydrogen-bond acceptors (Lipinski definition) is 2. The maximum Gasteiger partial charge on any atom is 0.143 e. The molecule has 1 aliphatic heterocycles. The third-order valence-electron chi connectivity index (χ3n) is 4.22. The molecule has 0 saturated heterocycles. The molecule has 92 valence electrons. The lowest BCUT2D eigenvalue weighted by atomic mass is 9.68. The standard InChI is InChI=1S/C14H25NO/c1-12(2,3)11-10-14(16-15-11)8-6-13(4,5)7-9-14/h6-10H2,1-5H3. The number of nitrogens with zero attached hydrogens (tertiary/aromatic N) is 1. The van der Waals surface area contributed by atoms with Gasteiger partial charge in [-0.3, -0.25) is 0 Å². The molecule has 1 heterocycles. The molecule has 1 aliphatic carbocycles. The van der Waals surface area contributed by atoms with Gasteiger partial charge in [0.15, 0.2) is 0 Å². The third kappa shape index (κ3) is 2.26. The molecule has 1 spiro atoms. The summed E-state index contributed by atoms with van der Waals surface area (Å²) in [6, 6.07) is 0. The Morgan fingerprint density at radius 3 is 2.06 bits per heavy atom. The van der Waals surface area contributed by atoms with Crippen LogP contribution in [0, 0.1) is 10.8 Å². The van der Waals surface area contributed by atoms with E-state index < -0.39 is 0 Å². The third-order valence-corrected chi connectivity index (χ3v) is 4.22. The second-order valence-corrected chi connectivity index (χ2v) is 7.40. The Labute approximate surface area is 99.4 Å². The van der Waals surface area contributed by atoms with Crippen molar-refractivity contribution >= 4 is 5.71 Å². The molecule has 0 N–H and O–H groups in total. The summed E-state index contributed by atoms with van der Waals surface area (Å²) in [6.07, 6.45) is 5.92. The molecule has 0 bridgehead atoms. The van der Waals surface area contributed by atoms with Gasteiger partial charge in [-0.2, -0.15) is 0 Å². The van der Waals surface area contributed by atoms with Gasteiger partial charge in [-0.25, -0.2) is 0 Å². The lowest BCUT2D eigenvalue weighted by Crippen LogP contribution is -2.38. The van der Waals surface area contributed by atoms with Crippen molar-refractivity contribution in [2.24, 2.45) is 16.0 Å². The molecule has 2 aliphatic rings. The van der Waals surface area contributed by atoms with Crippen molar-refractivity contribution in [3.05, 3.63) is 0 Å². The zero-order valence-corrected chi connectivity index (χ0v) is 11.4. The highest BCUT2D eigenvalue weighted by Crippen LogP contribution is 2.47. The van der Waals surface area contributed by atoms with Crippen LogP contribution in [0.15, 0.2) is 5.16 Å². The van der Waals surface area contributed by atoms with E-state index in [2.05, 4.69) is 39.8 Å². The van der Waals surface area contributed by atoms with Gasteiger partial charge in [0.1, 0.15) is 5.60 Å². The van der Waals surface area contributed by atoms with E-state index in [9.17, 15) is 0 Å². The fourth-order valence-electron chi connectivity index (χ4n) is 2.57. The summed E-state index contributed by atoms with van der Waals surface area (Å²) < 4.78 is 0. The molecule has 2 heteroatoms. The monoisotopic (exact) mass is 223 g/mol. The van der Waals surface area contributed by atoms with Crippen molar-refractivity contribution in [2.45, 2.75) is 72.3 Å². The van der Waals surface area contributed by atoms with Crippen LogP contribution in [0.2, 0.25) is 0 Å². The minimum atomic E-state index is 0.0537. The summed E-state index contributed by atoms with van der Waals surface area (Å²) in [5, 5.41) is 4.35. The molecular formula is C14H25NO. The zero-order chi connectivity index (χ0) is 12.0. The quantitative estimate of drug-likeness (QED) is 0.604. The highest BCUT2D eigenvalue weighted by Gasteiger charge is 2.46. The summed E-state index contributed by atoms with van der Waals surface area (Å²) in [7, 11) is 0. The van der Waals surface area contributed by atoms with E-state index >= 15 is 0 Å². The Balaban J connectivity index is 2.01. The molecule has 16 heavy (non-hydrogen) atoms. The van der Waals surface area contributed by atoms with E-state index in [1.54, 1.807) is 0 Å². The van der Waals surface area contributed by atoms with Gasteiger partial charge >= 0.3 is 0 Å². The van der Waals surface area contributed by atoms with Gasteiger partial charge in [0.05, 0.1) is 5.71 Å². The molecule has 2 nitrogen and oxygen atoms in total. The second kappa shape index (κ2) is 3.48. The number of oxime groups is 1. The Hall–Kier alpha value is -0.530. The van der Waals surface area contributed by atoms with Crippen LogP contribution in [0.4, 0.5) is 0 Å². The summed E-state index contributed by atoms with van der Waals surface area (Å²) in [5.74, 6) is 0. The van der Waals surface area contributed by atoms with E-state index in [1.165, 1.54) is 31.4 Å². The first-order valence-electron chi connectivity index (χ1n) is 6.48. The normalized spacial score (nSPS) is 27.7. The maximum absolute atomic E-state index is 5.80. The van der Waals surface area contributed by atoms with Gasteiger partial charge in [-0.1, -0.05) is 39.8 Å². The fraction of sp³-hybridized carbons (Fsp3) is 0.929. The van der Waals surface area contributed by atoms with Crippen LogP contribution in [0.1, 0.15) is 66.7 Å². The van der Waals surface area contributed by atoms with E-state index in [0.29, 0.717) is 5.41 Å². The molecule has 0 amide bonds. The largest absolute Gasteiger partial charge is 0.389 e. The van der Waals surface area contributed by atoms with Crippen LogP contribution < -0.4 is 0 Å². The summed E-state index contributed by atoms with van der Waals surface area (Å²) in [6.45, 7) is 11.4. The lowest BCUT2D eigenvalue weighted by molar-refractivity contribution is -0.0653. The molecule has 0 aromatic heterocycles. The predicted molar refractivity (Wildman–Crippen MR) is 67.6 cm³/mol. The van der Waals surface area contributed by atoms with Crippen LogP contribution in [0.3, 0.4) is 0 Å². The first-order valence-corrected chi connectivity index (χ1v) is 6.48. The van der Waals surface area contributed by atoms with Crippen molar-refractivity contribution < 1.29 is 4.84 Å². The smallest absolute Gasteiger partial charge is 0.143 e. The first kappa shape index (κ1) is 11.9. The second-order valence-electron chi connectivity index (χ2n) is 7.40. The molecule has 1 fully saturated rings. The zero-order valence-electron chi connectivity index (χ0n) is 11.4. The van der Waals surface area contributed by atoms with Gasteiger partial charge in [0.25, 0.3) is 0 Å². The Kier molecular flexibility index (Phi) is 2.60. The van der Waals surface area contributed by atoms with E-state index in [0.717, 1.165) is 6.42 Å². The Morgan fingerprint density at radius 1 is 1.06 bits per heavy atom. The van der Waals surface area contributed by atoms with Crippen molar-refractivity contribution in [3.63, 3.8) is 0 Å². The van der Waals surface area contributed by atoms with Gasteiger partial charge in [0, 0.05) is 11.8 Å². The molecule has 0 unspecified atom stereocenters. The molecule has 0 atom stereocenters. The van der Waals surface area contributed by atoms with Crippen molar-refractivity contribution in [1.82, 2.24) is 0 Å². The van der Waals surface area contributed by atoms with Crippen LogP contribution >= 0.6 is 0 Å². The maximum atomic E-state index is 5.80. The molecule has 1 saturated carbocycles. The molecular weight excluding hydrogens is 198 g/mol. The van der Waals surface area contributed by atoms with Gasteiger partial charge in [-0.15, -0.1) is 0 Å². The lowest BCUT2D eigenvalue weighted by Gasteiger charge is -2.39. The Bertz CT molecular complexity index is 299. The van der Waals surface area contributed by atoms with Gasteiger partial charge in [-0.05, 0) is 31.1 Å². The average molecular weight is 223 g/mol. The minimum absolute atomic E-state index is 0.0537. The molecule has 0 aromatic carbocycles. The molecule has 0 radical (unpaired) electrons. The van der Waals surface area contributed by atoms with E-state index in [4.69, 9.17) is 4.84 Å². The van der Waals surface area contributed by atoms with Gasteiger partial charge in [0.2, 0.25) is 0 Å². The SMILES string of the molecule is CC1(C)CCC2(CC1)CC(C(C)(C)C)=NO2. The minimum Gasteiger partial charge on any atom is -0.389 e. The van der Waals surface area contributed by atoms with Crippen molar-refractivity contribution in [2.75, 3.05) is 0 Å². The van der Waals surface area contributed by atoms with Crippen LogP contribution in [0.25, 0.3) is 0 Å². The molecule has 2 rings (SSSR count). The number of rotatable bonds is 0. The van der Waals surface area contributed by atoms with Gasteiger partial charge < -0.3 is 4.84 Å². The summed E-state index contributed by atoms with van der Waals surface area (Å²) in [4.78, 5) is 5.80. The number of hydrogen-bond donors (Lipinski definition) is 0. The topological polar surface area (TPSA) is 21.6 Å². The van der Waals surface area contributed by atoms with Crippen LogP contribution in [-0.4, -0.2) is 11.3 Å². The van der Waals surface area contributed by atoms with Crippen molar-refractivity contribution in [1.29, 1.82) is 0 Å². The van der Waals surface area contributed by atoms with Crippen molar-refractivity contribution in [3.8, 4) is 0 Å². The highest BCUT2D eigenvalue weighted by atomic mass is 16.7. The fourth-order valence-corrected chi connectivity index (χ4v) is 2.57. The Morgan fingerprint density at radius 2 is 1.62 bits per heavy atom. The first-order chi connectivity index (χ1) is 7.23. The summed E-state index contributed by atoms with van der Waals surface area (Å²) >= 11 is 0.